The van der Waals surface area contributed by atoms with Gasteiger partial charge in [-0.2, -0.15) is 5.26 Å². The Kier molecular flexibility index (Phi) is 6.27. The van der Waals surface area contributed by atoms with Crippen molar-refractivity contribution in [2.75, 3.05) is 0 Å². The van der Waals surface area contributed by atoms with Gasteiger partial charge < -0.3 is 9.84 Å². The molecule has 1 N–H and O–H groups in total. The molecular formula is C21H21N5O4. The fraction of sp³-hybridized carbons (Fsp3) is 0.286. The Bertz CT molecular complexity index is 1230. The van der Waals surface area contributed by atoms with Gasteiger partial charge in [0.25, 0.3) is 11.5 Å². The molecule has 0 aliphatic heterocycles. The number of nitrogens with one attached hydrogen (secondary N) is 1. The minimum absolute atomic E-state index is 0.0770. The third kappa shape index (κ3) is 4.38. The van der Waals surface area contributed by atoms with Crippen molar-refractivity contribution in [1.82, 2.24) is 19.6 Å². The first-order valence-corrected chi connectivity index (χ1v) is 9.52. The molecular weight excluding hydrogens is 386 g/mol. The smallest absolute Gasteiger partial charge is 0.335 e. The maximum Gasteiger partial charge on any atom is 0.335 e. The van der Waals surface area contributed by atoms with Gasteiger partial charge in [-0.3, -0.25) is 14.2 Å². The van der Waals surface area contributed by atoms with Gasteiger partial charge in [0.1, 0.15) is 17.0 Å². The normalized spacial score (nSPS) is 10.6. The van der Waals surface area contributed by atoms with Crippen LogP contribution in [0.25, 0.3) is 5.69 Å². The molecule has 0 aliphatic carbocycles. The van der Waals surface area contributed by atoms with Crippen molar-refractivity contribution in [1.29, 1.82) is 5.26 Å². The number of benzene rings is 1. The molecule has 2 heterocycles. The second kappa shape index (κ2) is 9.05. The van der Waals surface area contributed by atoms with E-state index in [2.05, 4.69) is 10.5 Å². The highest BCUT2D eigenvalue weighted by Gasteiger charge is 2.19. The Balaban J connectivity index is 2.05. The number of unbranched alkanes of at least 4 members (excludes halogenated alkanes) is 1. The highest BCUT2D eigenvalue weighted by molar-refractivity contribution is 5.93. The van der Waals surface area contributed by atoms with Crippen molar-refractivity contribution in [2.24, 2.45) is 0 Å². The Hall–Kier alpha value is -3.93. The predicted octanol–water partition coefficient (Wildman–Crippen LogP) is 1.90. The van der Waals surface area contributed by atoms with E-state index in [1.807, 2.05) is 13.0 Å². The van der Waals surface area contributed by atoms with Crippen molar-refractivity contribution in [3.05, 3.63) is 79.9 Å². The van der Waals surface area contributed by atoms with Gasteiger partial charge >= 0.3 is 5.69 Å². The van der Waals surface area contributed by atoms with Crippen LogP contribution in [-0.2, 0) is 13.1 Å². The van der Waals surface area contributed by atoms with Gasteiger partial charge in [0.05, 0.1) is 23.9 Å². The lowest BCUT2D eigenvalue weighted by atomic mass is 10.2. The van der Waals surface area contributed by atoms with E-state index in [-0.39, 0.29) is 17.8 Å². The van der Waals surface area contributed by atoms with Crippen molar-refractivity contribution in [3.63, 3.8) is 0 Å². The van der Waals surface area contributed by atoms with E-state index in [0.29, 0.717) is 30.0 Å². The predicted molar refractivity (Wildman–Crippen MR) is 108 cm³/mol. The van der Waals surface area contributed by atoms with E-state index in [1.165, 1.54) is 16.8 Å². The van der Waals surface area contributed by atoms with Gasteiger partial charge in [0, 0.05) is 18.8 Å². The van der Waals surface area contributed by atoms with Crippen LogP contribution in [0.3, 0.4) is 0 Å². The average Bonchev–Trinajstić information content (AvgIpc) is 3.17. The van der Waals surface area contributed by atoms with E-state index in [0.717, 1.165) is 11.0 Å². The molecule has 0 saturated carbocycles. The van der Waals surface area contributed by atoms with Crippen LogP contribution in [0.5, 0.6) is 0 Å². The molecule has 1 amide bonds. The molecule has 154 valence electrons. The summed E-state index contributed by atoms with van der Waals surface area (Å²) in [5.74, 6) is -0.0248. The van der Waals surface area contributed by atoms with Gasteiger partial charge in [-0.25, -0.2) is 9.36 Å². The first-order valence-electron chi connectivity index (χ1n) is 9.52. The Morgan fingerprint density at radius 1 is 1.30 bits per heavy atom. The Labute approximate surface area is 172 Å². The second-order valence-corrected chi connectivity index (χ2v) is 6.79. The van der Waals surface area contributed by atoms with Gasteiger partial charge in [-0.15, -0.1) is 0 Å². The molecule has 0 atom stereocenters. The van der Waals surface area contributed by atoms with E-state index in [4.69, 9.17) is 9.78 Å². The van der Waals surface area contributed by atoms with Crippen molar-refractivity contribution < 1.29 is 9.32 Å². The molecule has 0 fully saturated rings. The first-order chi connectivity index (χ1) is 14.4. The zero-order chi connectivity index (χ0) is 21.7. The van der Waals surface area contributed by atoms with Crippen LogP contribution in [0.4, 0.5) is 0 Å². The monoisotopic (exact) mass is 407 g/mol. The maximum atomic E-state index is 13.0. The van der Waals surface area contributed by atoms with Crippen LogP contribution in [0.2, 0.25) is 0 Å². The summed E-state index contributed by atoms with van der Waals surface area (Å²) in [6.07, 6.45) is 2.83. The summed E-state index contributed by atoms with van der Waals surface area (Å²) in [7, 11) is 0. The number of rotatable bonds is 7. The van der Waals surface area contributed by atoms with Crippen LogP contribution in [0.15, 0.2) is 50.6 Å². The SMILES string of the molecule is CCCCn1cc(C(=O)NCc2cc(C)on2)c(=O)n(-c2cccc(C#N)c2)c1=O. The number of aromatic nitrogens is 3. The summed E-state index contributed by atoms with van der Waals surface area (Å²) in [5.41, 5.74) is -0.439. The number of carbonyl (C=O) groups is 1. The summed E-state index contributed by atoms with van der Waals surface area (Å²) in [6, 6.07) is 9.79. The first kappa shape index (κ1) is 20.8. The molecule has 0 spiro atoms. The lowest BCUT2D eigenvalue weighted by Gasteiger charge is -2.13. The van der Waals surface area contributed by atoms with Crippen LogP contribution in [0.1, 0.15) is 47.1 Å². The number of aryl methyl sites for hydroxylation is 2. The van der Waals surface area contributed by atoms with E-state index in [9.17, 15) is 14.4 Å². The molecule has 3 aromatic rings. The summed E-state index contributed by atoms with van der Waals surface area (Å²) >= 11 is 0. The number of carbonyl (C=O) groups excluding carboxylic acids is 1. The van der Waals surface area contributed by atoms with Gasteiger partial charge in [0.2, 0.25) is 0 Å². The van der Waals surface area contributed by atoms with Gasteiger partial charge in [0.15, 0.2) is 0 Å². The third-order valence-corrected chi connectivity index (χ3v) is 4.49. The van der Waals surface area contributed by atoms with Crippen LogP contribution in [0, 0.1) is 18.3 Å². The zero-order valence-electron chi connectivity index (χ0n) is 16.7. The number of amides is 1. The highest BCUT2D eigenvalue weighted by atomic mass is 16.5. The third-order valence-electron chi connectivity index (χ3n) is 4.49. The Morgan fingerprint density at radius 2 is 2.10 bits per heavy atom. The van der Waals surface area contributed by atoms with E-state index >= 15 is 0 Å². The molecule has 9 heteroatoms. The molecule has 1 aromatic carbocycles. The molecule has 0 unspecified atom stereocenters. The van der Waals surface area contributed by atoms with Gasteiger partial charge in [-0.05, 0) is 31.5 Å². The molecule has 0 bridgehead atoms. The maximum absolute atomic E-state index is 13.0. The quantitative estimate of drug-likeness (QED) is 0.638. The molecule has 30 heavy (non-hydrogen) atoms. The van der Waals surface area contributed by atoms with Gasteiger partial charge in [-0.1, -0.05) is 24.6 Å². The minimum atomic E-state index is -0.753. The van der Waals surface area contributed by atoms with Crippen molar-refractivity contribution in [2.45, 2.75) is 39.8 Å². The van der Waals surface area contributed by atoms with E-state index in [1.54, 1.807) is 31.2 Å². The van der Waals surface area contributed by atoms with Crippen LogP contribution < -0.4 is 16.6 Å². The minimum Gasteiger partial charge on any atom is -0.361 e. The molecule has 2 aromatic heterocycles. The largest absolute Gasteiger partial charge is 0.361 e. The van der Waals surface area contributed by atoms with Crippen LogP contribution in [-0.4, -0.2) is 20.2 Å². The highest BCUT2D eigenvalue weighted by Crippen LogP contribution is 2.08. The standard InChI is InChI=1S/C21H21N5O4/c1-3-4-8-25-13-18(19(27)23-12-16-9-14(2)30-24-16)20(28)26(21(25)29)17-7-5-6-15(10-17)11-22/h5-7,9-10,13H,3-4,8,12H2,1-2H3,(H,23,27). The number of hydrogen-bond acceptors (Lipinski definition) is 6. The molecule has 0 saturated heterocycles. The topological polar surface area (TPSA) is 123 Å². The number of hydrogen-bond donors (Lipinski definition) is 1. The second-order valence-electron chi connectivity index (χ2n) is 6.79. The summed E-state index contributed by atoms with van der Waals surface area (Å²) in [4.78, 5) is 38.7. The molecule has 0 radical (unpaired) electrons. The average molecular weight is 407 g/mol. The fourth-order valence-corrected chi connectivity index (χ4v) is 2.96. The zero-order valence-corrected chi connectivity index (χ0v) is 16.7. The Morgan fingerprint density at radius 3 is 2.77 bits per heavy atom. The molecule has 3 rings (SSSR count). The van der Waals surface area contributed by atoms with Crippen molar-refractivity contribution in [3.8, 4) is 11.8 Å². The lowest BCUT2D eigenvalue weighted by molar-refractivity contribution is 0.0947. The molecule has 9 nitrogen and oxygen atoms in total. The number of nitrogens with zero attached hydrogens (tertiary/aromatic N) is 4. The fourth-order valence-electron chi connectivity index (χ4n) is 2.96. The lowest BCUT2D eigenvalue weighted by Crippen LogP contribution is -2.43. The van der Waals surface area contributed by atoms with Crippen molar-refractivity contribution >= 4 is 5.91 Å². The summed E-state index contributed by atoms with van der Waals surface area (Å²) < 4.78 is 7.23. The number of nitriles is 1. The van der Waals surface area contributed by atoms with Crippen LogP contribution >= 0.6 is 0 Å². The molecule has 0 aliphatic rings. The summed E-state index contributed by atoms with van der Waals surface area (Å²) in [6.45, 7) is 4.14. The summed E-state index contributed by atoms with van der Waals surface area (Å²) in [5, 5.41) is 15.6. The van der Waals surface area contributed by atoms with E-state index < -0.39 is 17.2 Å².